The average molecular weight is 265 g/mol. The Morgan fingerprint density at radius 3 is 2.60 bits per heavy atom. The fourth-order valence-electron chi connectivity index (χ4n) is 2.71. The maximum Gasteiger partial charge on any atom is 0.201 e. The molecule has 2 aromatic rings. The van der Waals surface area contributed by atoms with Gasteiger partial charge in [-0.05, 0) is 36.1 Å². The molecule has 3 rings (SSSR count). The maximum atomic E-state index is 6.23. The van der Waals surface area contributed by atoms with Crippen molar-refractivity contribution in [3.8, 4) is 0 Å². The van der Waals surface area contributed by atoms with Gasteiger partial charge in [-0.3, -0.25) is 0 Å². The number of para-hydroxylation sites is 2. The largest absolute Gasteiger partial charge is 0.369 e. The van der Waals surface area contributed by atoms with Crippen LogP contribution in [0.15, 0.2) is 59.6 Å². The molecule has 1 atom stereocenters. The van der Waals surface area contributed by atoms with Crippen LogP contribution in [0.4, 0.5) is 11.4 Å². The fraction of sp³-hybridized carbons (Fsp3) is 0.235. The lowest BCUT2D eigenvalue weighted by molar-refractivity contribution is 0.566. The second-order valence-corrected chi connectivity index (χ2v) is 5.35. The molecule has 0 radical (unpaired) electrons. The first-order valence-corrected chi connectivity index (χ1v) is 6.98. The number of benzene rings is 2. The van der Waals surface area contributed by atoms with Gasteiger partial charge in [-0.15, -0.1) is 0 Å². The topological polar surface area (TPSA) is 41.6 Å². The minimum Gasteiger partial charge on any atom is -0.369 e. The Labute approximate surface area is 119 Å². The molecule has 1 aliphatic rings. The number of nitrogens with zero attached hydrogens (tertiary/aromatic N) is 2. The van der Waals surface area contributed by atoms with Crippen molar-refractivity contribution in [2.75, 3.05) is 11.4 Å². The summed E-state index contributed by atoms with van der Waals surface area (Å²) in [7, 11) is 0. The Morgan fingerprint density at radius 2 is 1.80 bits per heavy atom. The predicted octanol–water partition coefficient (Wildman–Crippen LogP) is 3.33. The van der Waals surface area contributed by atoms with Crippen molar-refractivity contribution >= 4 is 17.3 Å². The first-order valence-electron chi connectivity index (χ1n) is 6.98. The number of hydrogen-bond acceptors (Lipinski definition) is 1. The van der Waals surface area contributed by atoms with Gasteiger partial charge in [0, 0.05) is 12.2 Å². The van der Waals surface area contributed by atoms with Gasteiger partial charge in [-0.25, -0.2) is 4.99 Å². The van der Waals surface area contributed by atoms with Crippen LogP contribution in [0.2, 0.25) is 0 Å². The molecule has 0 aliphatic carbocycles. The highest BCUT2D eigenvalue weighted by atomic mass is 15.3. The van der Waals surface area contributed by atoms with Crippen LogP contribution in [0.25, 0.3) is 0 Å². The summed E-state index contributed by atoms with van der Waals surface area (Å²) in [5, 5.41) is 0. The van der Waals surface area contributed by atoms with Crippen LogP contribution < -0.4 is 10.6 Å². The summed E-state index contributed by atoms with van der Waals surface area (Å²) in [6.45, 7) is 3.16. The summed E-state index contributed by atoms with van der Waals surface area (Å²) in [6.07, 6.45) is 1.10. The van der Waals surface area contributed by atoms with Gasteiger partial charge in [-0.2, -0.15) is 0 Å². The van der Waals surface area contributed by atoms with Crippen LogP contribution in [0.3, 0.4) is 0 Å². The molecule has 0 fully saturated rings. The zero-order chi connectivity index (χ0) is 13.9. The Morgan fingerprint density at radius 1 is 1.10 bits per heavy atom. The van der Waals surface area contributed by atoms with Gasteiger partial charge in [0.25, 0.3) is 0 Å². The molecule has 0 amide bonds. The number of hydrogen-bond donors (Lipinski definition) is 1. The molecule has 0 saturated carbocycles. The van der Waals surface area contributed by atoms with Crippen LogP contribution in [0, 0.1) is 5.92 Å². The van der Waals surface area contributed by atoms with E-state index in [1.54, 1.807) is 0 Å². The number of fused-ring (bicyclic) bond motifs is 1. The molecular formula is C17H19N3. The molecule has 2 aromatic carbocycles. The molecule has 3 nitrogen and oxygen atoms in total. The van der Waals surface area contributed by atoms with Gasteiger partial charge in [-0.1, -0.05) is 43.3 Å². The number of anilines is 1. The first-order chi connectivity index (χ1) is 9.74. The molecule has 0 bridgehead atoms. The summed E-state index contributed by atoms with van der Waals surface area (Å²) >= 11 is 0. The van der Waals surface area contributed by atoms with Crippen LogP contribution in [0.1, 0.15) is 12.5 Å². The third kappa shape index (κ3) is 2.52. The van der Waals surface area contributed by atoms with Crippen molar-refractivity contribution < 1.29 is 0 Å². The summed E-state index contributed by atoms with van der Waals surface area (Å²) in [5.74, 6) is 1.14. The molecule has 0 spiro atoms. The second-order valence-electron chi connectivity index (χ2n) is 5.35. The first kappa shape index (κ1) is 12.7. The van der Waals surface area contributed by atoms with E-state index in [9.17, 15) is 0 Å². The van der Waals surface area contributed by atoms with Gasteiger partial charge in [0.1, 0.15) is 0 Å². The third-order valence-corrected chi connectivity index (χ3v) is 3.62. The van der Waals surface area contributed by atoms with Crippen LogP contribution in [-0.2, 0) is 6.42 Å². The van der Waals surface area contributed by atoms with E-state index in [2.05, 4.69) is 41.1 Å². The molecule has 3 heteroatoms. The van der Waals surface area contributed by atoms with E-state index in [0.717, 1.165) is 18.7 Å². The number of aliphatic imine (C=N–C) groups is 1. The Balaban J connectivity index is 1.96. The molecule has 102 valence electrons. The molecule has 1 unspecified atom stereocenters. The molecule has 0 aromatic heterocycles. The van der Waals surface area contributed by atoms with E-state index in [4.69, 9.17) is 5.73 Å². The zero-order valence-electron chi connectivity index (χ0n) is 11.7. The van der Waals surface area contributed by atoms with Crippen LogP contribution in [0.5, 0.6) is 0 Å². The van der Waals surface area contributed by atoms with Crippen LogP contribution >= 0.6 is 0 Å². The lowest BCUT2D eigenvalue weighted by atomic mass is 9.94. The van der Waals surface area contributed by atoms with Gasteiger partial charge in [0.05, 0.1) is 5.69 Å². The van der Waals surface area contributed by atoms with E-state index in [1.807, 2.05) is 30.3 Å². The predicted molar refractivity (Wildman–Crippen MR) is 84.4 cm³/mol. The minimum absolute atomic E-state index is 0.565. The standard InChI is InChI=1S/C17H19N3/c1-13-11-14-7-5-6-10-16(14)20(12-13)17(18)19-15-8-3-2-4-9-15/h2-10,13H,11-12H2,1H3,(H2,18,19). The Hall–Kier alpha value is -2.29. The molecule has 1 aliphatic heterocycles. The van der Waals surface area contributed by atoms with Crippen molar-refractivity contribution in [2.45, 2.75) is 13.3 Å². The van der Waals surface area contributed by atoms with Crippen molar-refractivity contribution in [1.29, 1.82) is 0 Å². The smallest absolute Gasteiger partial charge is 0.201 e. The van der Waals surface area contributed by atoms with Gasteiger partial charge in [0.2, 0.25) is 5.96 Å². The monoisotopic (exact) mass is 265 g/mol. The third-order valence-electron chi connectivity index (χ3n) is 3.62. The van der Waals surface area contributed by atoms with E-state index in [0.29, 0.717) is 11.9 Å². The van der Waals surface area contributed by atoms with Crippen molar-refractivity contribution in [3.63, 3.8) is 0 Å². The quantitative estimate of drug-likeness (QED) is 0.634. The van der Waals surface area contributed by atoms with E-state index in [-0.39, 0.29) is 0 Å². The Kier molecular flexibility index (Phi) is 3.42. The molecular weight excluding hydrogens is 246 g/mol. The van der Waals surface area contributed by atoms with Crippen molar-refractivity contribution in [2.24, 2.45) is 16.6 Å². The Bertz CT molecular complexity index is 619. The van der Waals surface area contributed by atoms with Crippen LogP contribution in [-0.4, -0.2) is 12.5 Å². The van der Waals surface area contributed by atoms with Gasteiger partial charge >= 0.3 is 0 Å². The highest BCUT2D eigenvalue weighted by Gasteiger charge is 2.23. The molecule has 2 N–H and O–H groups in total. The maximum absolute atomic E-state index is 6.23. The molecule has 20 heavy (non-hydrogen) atoms. The van der Waals surface area contributed by atoms with Gasteiger partial charge < -0.3 is 10.6 Å². The van der Waals surface area contributed by atoms with Gasteiger partial charge in [0.15, 0.2) is 0 Å². The van der Waals surface area contributed by atoms with E-state index < -0.39 is 0 Å². The number of nitrogens with two attached hydrogens (primary N) is 1. The lowest BCUT2D eigenvalue weighted by Gasteiger charge is -2.33. The van der Waals surface area contributed by atoms with Crippen molar-refractivity contribution in [3.05, 3.63) is 60.2 Å². The normalized spacial score (nSPS) is 18.8. The average Bonchev–Trinajstić information content (AvgIpc) is 2.47. The summed E-state index contributed by atoms with van der Waals surface area (Å²) in [4.78, 5) is 6.66. The number of guanidine groups is 1. The molecule has 1 heterocycles. The minimum atomic E-state index is 0.565. The molecule has 0 saturated heterocycles. The summed E-state index contributed by atoms with van der Waals surface area (Å²) in [5.41, 5.74) is 9.65. The van der Waals surface area contributed by atoms with E-state index in [1.165, 1.54) is 11.3 Å². The highest BCUT2D eigenvalue weighted by Crippen LogP contribution is 2.29. The summed E-state index contributed by atoms with van der Waals surface area (Å²) in [6, 6.07) is 18.3. The fourth-order valence-corrected chi connectivity index (χ4v) is 2.71. The SMILES string of the molecule is CC1Cc2ccccc2N(C(N)=Nc2ccccc2)C1. The van der Waals surface area contributed by atoms with E-state index >= 15 is 0 Å². The van der Waals surface area contributed by atoms with Crippen molar-refractivity contribution in [1.82, 2.24) is 0 Å². The lowest BCUT2D eigenvalue weighted by Crippen LogP contribution is -2.43. The second kappa shape index (κ2) is 5.37. The highest BCUT2D eigenvalue weighted by molar-refractivity contribution is 5.97. The number of rotatable bonds is 1. The zero-order valence-corrected chi connectivity index (χ0v) is 11.7. The summed E-state index contributed by atoms with van der Waals surface area (Å²) < 4.78 is 0.